The largest absolute Gasteiger partial charge is 0.392 e. The van der Waals surface area contributed by atoms with Crippen molar-refractivity contribution >= 4 is 58.9 Å². The zero-order valence-corrected chi connectivity index (χ0v) is 21.7. The van der Waals surface area contributed by atoms with Gasteiger partial charge in [-0.2, -0.15) is 11.3 Å². The number of amides is 1. The van der Waals surface area contributed by atoms with E-state index in [1.807, 2.05) is 16.8 Å². The highest BCUT2D eigenvalue weighted by molar-refractivity contribution is 7.78. The van der Waals surface area contributed by atoms with E-state index in [9.17, 15) is 19.1 Å². The molecule has 4 aromatic rings. The average molecular weight is 554 g/mol. The molecule has 5 rings (SSSR count). The number of nitrogens with zero attached hydrogens (tertiary/aromatic N) is 2. The molecule has 0 saturated carbocycles. The number of ketones is 1. The van der Waals surface area contributed by atoms with Crippen LogP contribution in [0, 0.1) is 5.82 Å². The third-order valence-corrected chi connectivity index (χ3v) is 8.01. The predicted octanol–water partition coefficient (Wildman–Crippen LogP) is 5.85. The maximum Gasteiger partial charge on any atom is 0.248 e. The lowest BCUT2D eigenvalue weighted by Crippen LogP contribution is -2.54. The number of aliphatic hydroxyl groups is 1. The molecule has 3 heterocycles. The van der Waals surface area contributed by atoms with Crippen LogP contribution < -0.4 is 5.32 Å². The highest BCUT2D eigenvalue weighted by Gasteiger charge is 2.53. The first-order valence-corrected chi connectivity index (χ1v) is 13.0. The van der Waals surface area contributed by atoms with Crippen molar-refractivity contribution in [2.75, 3.05) is 5.32 Å². The van der Waals surface area contributed by atoms with E-state index in [0.29, 0.717) is 33.3 Å². The third-order valence-electron chi connectivity index (χ3n) is 6.45. The first kappa shape index (κ1) is 25.4. The van der Waals surface area contributed by atoms with Crippen LogP contribution in [0.1, 0.15) is 34.7 Å². The molecule has 0 aliphatic carbocycles. The van der Waals surface area contributed by atoms with Gasteiger partial charge in [-0.15, -0.1) is 0 Å². The highest BCUT2D eigenvalue weighted by Crippen LogP contribution is 2.48. The zero-order chi connectivity index (χ0) is 26.2. The molecular formula is C27H21ClFN3O3S2. The Kier molecular flexibility index (Phi) is 7.04. The fraction of sp³-hybridized carbons (Fsp3) is 0.148. The molecular weight excluding hydrogens is 533 g/mol. The quantitative estimate of drug-likeness (QED) is 0.206. The minimum atomic E-state index is -1.26. The Balaban J connectivity index is 1.57. The SMILES string of the molecule is O=C1CC(c2ccsc2)(c2cccc(Nc3ccc(F)c(CO)c3)n2)N(S)C(=O)C1c1ccccc1Cl. The molecule has 0 bridgehead atoms. The number of aromatic nitrogens is 1. The van der Waals surface area contributed by atoms with Gasteiger partial charge in [-0.05, 0) is 64.4 Å². The standard InChI is InChI=1S/C27H21ClFN3O3S2/c28-20-5-2-1-4-19(20)25-22(34)13-27(32(36)26(25)35,17-10-11-37-15-17)23-6-3-7-24(31-23)30-18-8-9-21(29)16(12-18)14-33/h1-12,15,25,33,36H,13-14H2,(H,30,31). The number of Topliss-reactive ketones (excluding diaryl/α,β-unsaturated/α-hetero) is 1. The van der Waals surface area contributed by atoms with Gasteiger partial charge < -0.3 is 10.4 Å². The molecule has 1 fully saturated rings. The van der Waals surface area contributed by atoms with Gasteiger partial charge in [0.05, 0.1) is 12.3 Å². The van der Waals surface area contributed by atoms with Crippen LogP contribution in [-0.4, -0.2) is 26.1 Å². The number of hydrogen-bond acceptors (Lipinski definition) is 7. The lowest BCUT2D eigenvalue weighted by Gasteiger charge is -2.45. The van der Waals surface area contributed by atoms with Crippen LogP contribution in [-0.2, 0) is 21.7 Å². The van der Waals surface area contributed by atoms with Crippen LogP contribution in [0.25, 0.3) is 0 Å². The number of thiophene rings is 1. The number of benzene rings is 2. The van der Waals surface area contributed by atoms with Gasteiger partial charge >= 0.3 is 0 Å². The Hall–Kier alpha value is -3.24. The summed E-state index contributed by atoms with van der Waals surface area (Å²) in [6.45, 7) is -0.443. The van der Waals surface area contributed by atoms with Crippen molar-refractivity contribution in [2.24, 2.45) is 0 Å². The number of piperidine rings is 1. The van der Waals surface area contributed by atoms with E-state index >= 15 is 0 Å². The maximum absolute atomic E-state index is 13.8. The molecule has 188 valence electrons. The molecule has 1 saturated heterocycles. The number of thiol groups is 1. The molecule has 37 heavy (non-hydrogen) atoms. The number of halogens is 2. The molecule has 6 nitrogen and oxygen atoms in total. The fourth-order valence-electron chi connectivity index (χ4n) is 4.62. The smallest absolute Gasteiger partial charge is 0.248 e. The fourth-order valence-corrected chi connectivity index (χ4v) is 5.99. The van der Waals surface area contributed by atoms with Gasteiger partial charge in [-0.3, -0.25) is 13.9 Å². The van der Waals surface area contributed by atoms with E-state index in [0.717, 1.165) is 0 Å². The van der Waals surface area contributed by atoms with Crippen molar-refractivity contribution in [3.63, 3.8) is 0 Å². The van der Waals surface area contributed by atoms with Gasteiger partial charge in [-0.25, -0.2) is 9.37 Å². The molecule has 0 spiro atoms. The lowest BCUT2D eigenvalue weighted by atomic mass is 9.75. The molecule has 2 aromatic heterocycles. The molecule has 0 radical (unpaired) electrons. The van der Waals surface area contributed by atoms with Crippen LogP contribution in [0.3, 0.4) is 0 Å². The van der Waals surface area contributed by atoms with Crippen molar-refractivity contribution in [3.05, 3.63) is 111 Å². The molecule has 2 aromatic carbocycles. The average Bonchev–Trinajstić information content (AvgIpc) is 3.44. The third kappa shape index (κ3) is 4.53. The van der Waals surface area contributed by atoms with Crippen molar-refractivity contribution in [3.8, 4) is 0 Å². The van der Waals surface area contributed by atoms with E-state index in [1.54, 1.807) is 42.5 Å². The summed E-state index contributed by atoms with van der Waals surface area (Å²) in [5.74, 6) is -1.96. The number of pyridine rings is 1. The van der Waals surface area contributed by atoms with Gasteiger partial charge in [0.15, 0.2) is 5.78 Å². The molecule has 10 heteroatoms. The molecule has 1 amide bonds. The normalized spacial score (nSPS) is 19.8. The summed E-state index contributed by atoms with van der Waals surface area (Å²) < 4.78 is 15.1. The molecule has 2 unspecified atom stereocenters. The topological polar surface area (TPSA) is 82.5 Å². The second-order valence-electron chi connectivity index (χ2n) is 8.62. The van der Waals surface area contributed by atoms with E-state index in [-0.39, 0.29) is 17.8 Å². The molecule has 1 aliphatic heterocycles. The summed E-state index contributed by atoms with van der Waals surface area (Å²) in [5.41, 5.74) is 1.00. The number of carbonyl (C=O) groups is 2. The van der Waals surface area contributed by atoms with Gasteiger partial charge in [0.2, 0.25) is 5.91 Å². The van der Waals surface area contributed by atoms with E-state index in [2.05, 4.69) is 18.1 Å². The Morgan fingerprint density at radius 1 is 1.16 bits per heavy atom. The van der Waals surface area contributed by atoms with Crippen molar-refractivity contribution < 1.29 is 19.1 Å². The van der Waals surface area contributed by atoms with Gasteiger partial charge in [0.1, 0.15) is 23.1 Å². The van der Waals surface area contributed by atoms with E-state index < -0.39 is 29.8 Å². The van der Waals surface area contributed by atoms with Crippen molar-refractivity contribution in [2.45, 2.75) is 24.5 Å². The Morgan fingerprint density at radius 2 is 1.97 bits per heavy atom. The summed E-state index contributed by atoms with van der Waals surface area (Å²) >= 11 is 12.4. The predicted molar refractivity (Wildman–Crippen MR) is 145 cm³/mol. The Labute approximate surface area is 227 Å². The maximum atomic E-state index is 13.8. The van der Waals surface area contributed by atoms with Crippen LogP contribution in [0.15, 0.2) is 77.5 Å². The summed E-state index contributed by atoms with van der Waals surface area (Å²) in [7, 11) is 0. The van der Waals surface area contributed by atoms with Crippen molar-refractivity contribution in [1.82, 2.24) is 9.29 Å². The minimum absolute atomic E-state index is 0.0590. The summed E-state index contributed by atoms with van der Waals surface area (Å²) in [4.78, 5) is 32.1. The van der Waals surface area contributed by atoms with Gasteiger partial charge in [0.25, 0.3) is 0 Å². The lowest BCUT2D eigenvalue weighted by molar-refractivity contribution is -0.142. The number of carbonyl (C=O) groups excluding carboxylic acids is 2. The molecule has 2 atom stereocenters. The van der Waals surface area contributed by atoms with Gasteiger partial charge in [-0.1, -0.05) is 48.7 Å². The first-order valence-electron chi connectivity index (χ1n) is 11.3. The minimum Gasteiger partial charge on any atom is -0.392 e. The summed E-state index contributed by atoms with van der Waals surface area (Å²) in [5, 5.41) is 16.6. The van der Waals surface area contributed by atoms with Gasteiger partial charge in [0, 0.05) is 22.7 Å². The number of nitrogens with one attached hydrogen (secondary N) is 1. The zero-order valence-electron chi connectivity index (χ0n) is 19.3. The number of rotatable bonds is 6. The molecule has 1 aliphatic rings. The summed E-state index contributed by atoms with van der Waals surface area (Å²) in [6, 6.07) is 18.1. The summed E-state index contributed by atoms with van der Waals surface area (Å²) in [6.07, 6.45) is -0.0590. The second kappa shape index (κ2) is 10.3. The number of anilines is 2. The van der Waals surface area contributed by atoms with Crippen LogP contribution >= 0.6 is 35.8 Å². The second-order valence-corrected chi connectivity index (χ2v) is 10.2. The van der Waals surface area contributed by atoms with Crippen LogP contribution in [0.5, 0.6) is 0 Å². The highest BCUT2D eigenvalue weighted by atomic mass is 35.5. The number of hydrogen-bond donors (Lipinski definition) is 3. The monoisotopic (exact) mass is 553 g/mol. The van der Waals surface area contributed by atoms with E-state index in [4.69, 9.17) is 16.6 Å². The Morgan fingerprint density at radius 3 is 2.70 bits per heavy atom. The van der Waals surface area contributed by atoms with E-state index in [1.165, 1.54) is 33.8 Å². The number of aliphatic hydroxyl groups excluding tert-OH is 1. The van der Waals surface area contributed by atoms with Crippen LogP contribution in [0.2, 0.25) is 5.02 Å². The van der Waals surface area contributed by atoms with Crippen molar-refractivity contribution in [1.29, 1.82) is 0 Å². The van der Waals surface area contributed by atoms with Crippen LogP contribution in [0.4, 0.5) is 15.9 Å². The molecule has 2 N–H and O–H groups in total. The Bertz CT molecular complexity index is 1480. The first-order chi connectivity index (χ1) is 17.8.